The summed E-state index contributed by atoms with van der Waals surface area (Å²) in [4.78, 5) is 4.35. The Morgan fingerprint density at radius 1 is 1.14 bits per heavy atom. The molecule has 2 rings (SSSR count). The van der Waals surface area contributed by atoms with Crippen molar-refractivity contribution in [3.8, 4) is 0 Å². The number of nitrogens with zero attached hydrogens (tertiary/aromatic N) is 1. The maximum atomic E-state index is 5.97. The Balaban J connectivity index is 0.00000242. The molecule has 1 unspecified atom stereocenters. The molecule has 0 spiro atoms. The second-order valence-corrected chi connectivity index (χ2v) is 6.45. The van der Waals surface area contributed by atoms with Gasteiger partial charge in [0, 0.05) is 26.2 Å². The van der Waals surface area contributed by atoms with E-state index in [1.807, 2.05) is 7.05 Å². The molecule has 0 aromatic heterocycles. The predicted octanol–water partition coefficient (Wildman–Crippen LogP) is 3.70. The summed E-state index contributed by atoms with van der Waals surface area (Å²) in [6.45, 7) is 3.89. The van der Waals surface area contributed by atoms with E-state index in [0.717, 1.165) is 31.4 Å². The number of guanidine groups is 1. The average molecular weight is 423 g/mol. The molecule has 0 aliphatic heterocycles. The minimum atomic E-state index is 0. The molecule has 0 aromatic carbocycles. The number of hydrogen-bond acceptors (Lipinski definition) is 2. The largest absolute Gasteiger partial charge is 0.378 e. The highest BCUT2D eigenvalue weighted by Crippen LogP contribution is 2.30. The SMILES string of the molecule is CCOC(CCNC(=NC)NC1CCCC1)C1CCCC1.I. The first-order valence-corrected chi connectivity index (χ1v) is 8.92. The van der Waals surface area contributed by atoms with Crippen molar-refractivity contribution in [2.24, 2.45) is 10.9 Å². The normalized spacial score (nSPS) is 21.6. The molecule has 0 amide bonds. The van der Waals surface area contributed by atoms with Gasteiger partial charge in [-0.1, -0.05) is 25.7 Å². The van der Waals surface area contributed by atoms with E-state index in [4.69, 9.17) is 4.74 Å². The summed E-state index contributed by atoms with van der Waals surface area (Å²) >= 11 is 0. The summed E-state index contributed by atoms with van der Waals surface area (Å²) in [5.41, 5.74) is 0. The lowest BCUT2D eigenvalue weighted by molar-refractivity contribution is 0.0169. The molecule has 4 nitrogen and oxygen atoms in total. The third-order valence-electron chi connectivity index (χ3n) is 4.95. The summed E-state index contributed by atoms with van der Waals surface area (Å²) in [6, 6.07) is 0.619. The second-order valence-electron chi connectivity index (χ2n) is 6.45. The maximum Gasteiger partial charge on any atom is 0.191 e. The summed E-state index contributed by atoms with van der Waals surface area (Å²) in [6.07, 6.45) is 12.2. The third-order valence-corrected chi connectivity index (χ3v) is 4.95. The fraction of sp³-hybridized carbons (Fsp3) is 0.941. The standard InChI is InChI=1S/C17H33N3O.HI/c1-3-21-16(14-8-4-5-9-14)12-13-19-17(18-2)20-15-10-6-7-11-15;/h14-16H,3-13H2,1-2H3,(H2,18,19,20);1H. The molecule has 0 heterocycles. The van der Waals surface area contributed by atoms with Gasteiger partial charge in [-0.2, -0.15) is 0 Å². The van der Waals surface area contributed by atoms with Gasteiger partial charge in [0.05, 0.1) is 6.10 Å². The van der Waals surface area contributed by atoms with Crippen LogP contribution in [0.4, 0.5) is 0 Å². The molecule has 130 valence electrons. The molecule has 0 saturated heterocycles. The van der Waals surface area contributed by atoms with Crippen LogP contribution in [0.2, 0.25) is 0 Å². The lowest BCUT2D eigenvalue weighted by atomic mass is 9.98. The van der Waals surface area contributed by atoms with Crippen LogP contribution in [0.1, 0.15) is 64.7 Å². The van der Waals surface area contributed by atoms with Gasteiger partial charge in [-0.15, -0.1) is 24.0 Å². The first-order chi connectivity index (χ1) is 10.3. The van der Waals surface area contributed by atoms with Crippen LogP contribution in [0.25, 0.3) is 0 Å². The highest BCUT2D eigenvalue weighted by atomic mass is 127. The zero-order valence-electron chi connectivity index (χ0n) is 14.3. The summed E-state index contributed by atoms with van der Waals surface area (Å²) in [5.74, 6) is 1.74. The number of ether oxygens (including phenoxy) is 1. The van der Waals surface area contributed by atoms with Gasteiger partial charge in [-0.05, 0) is 44.9 Å². The lowest BCUT2D eigenvalue weighted by Gasteiger charge is -2.24. The van der Waals surface area contributed by atoms with Crippen LogP contribution in [-0.4, -0.2) is 38.3 Å². The van der Waals surface area contributed by atoms with E-state index < -0.39 is 0 Å². The van der Waals surface area contributed by atoms with Crippen molar-refractivity contribution >= 4 is 29.9 Å². The fourth-order valence-corrected chi connectivity index (χ4v) is 3.79. The van der Waals surface area contributed by atoms with Crippen LogP contribution >= 0.6 is 24.0 Å². The first-order valence-electron chi connectivity index (χ1n) is 8.92. The van der Waals surface area contributed by atoms with Gasteiger partial charge in [0.2, 0.25) is 0 Å². The Morgan fingerprint density at radius 2 is 1.77 bits per heavy atom. The van der Waals surface area contributed by atoms with E-state index in [0.29, 0.717) is 12.1 Å². The number of hydrogen-bond donors (Lipinski definition) is 2. The molecule has 0 radical (unpaired) electrons. The Hall–Kier alpha value is -0.0400. The van der Waals surface area contributed by atoms with E-state index in [1.165, 1.54) is 51.4 Å². The minimum Gasteiger partial charge on any atom is -0.378 e. The summed E-state index contributed by atoms with van der Waals surface area (Å²) in [5, 5.41) is 7.01. The molecule has 2 saturated carbocycles. The fourth-order valence-electron chi connectivity index (χ4n) is 3.79. The van der Waals surface area contributed by atoms with Crippen molar-refractivity contribution < 1.29 is 4.74 Å². The van der Waals surface area contributed by atoms with Crippen LogP contribution in [-0.2, 0) is 4.74 Å². The van der Waals surface area contributed by atoms with Gasteiger partial charge >= 0.3 is 0 Å². The van der Waals surface area contributed by atoms with Gasteiger partial charge in [-0.3, -0.25) is 4.99 Å². The Kier molecular flexibility index (Phi) is 10.4. The molecule has 2 fully saturated rings. The van der Waals surface area contributed by atoms with Crippen LogP contribution in [0.3, 0.4) is 0 Å². The molecule has 1 atom stereocenters. The number of halogens is 1. The van der Waals surface area contributed by atoms with Gasteiger partial charge in [0.15, 0.2) is 5.96 Å². The van der Waals surface area contributed by atoms with Crippen molar-refractivity contribution in [3.05, 3.63) is 0 Å². The first kappa shape index (κ1) is 20.0. The van der Waals surface area contributed by atoms with E-state index in [2.05, 4.69) is 22.5 Å². The van der Waals surface area contributed by atoms with Crippen LogP contribution in [0.15, 0.2) is 4.99 Å². The highest BCUT2D eigenvalue weighted by Gasteiger charge is 2.25. The summed E-state index contributed by atoms with van der Waals surface area (Å²) in [7, 11) is 1.86. The van der Waals surface area contributed by atoms with Crippen molar-refractivity contribution in [2.75, 3.05) is 20.2 Å². The van der Waals surface area contributed by atoms with E-state index in [-0.39, 0.29) is 24.0 Å². The zero-order chi connectivity index (χ0) is 14.9. The lowest BCUT2D eigenvalue weighted by Crippen LogP contribution is -2.43. The van der Waals surface area contributed by atoms with Crippen molar-refractivity contribution in [3.63, 3.8) is 0 Å². The molecule has 2 aliphatic carbocycles. The number of aliphatic imine (C=N–C) groups is 1. The van der Waals surface area contributed by atoms with Crippen molar-refractivity contribution in [2.45, 2.75) is 76.9 Å². The van der Waals surface area contributed by atoms with Crippen LogP contribution in [0, 0.1) is 5.92 Å². The van der Waals surface area contributed by atoms with E-state index in [9.17, 15) is 0 Å². The Bertz CT molecular complexity index is 313. The van der Waals surface area contributed by atoms with Crippen molar-refractivity contribution in [1.29, 1.82) is 0 Å². The smallest absolute Gasteiger partial charge is 0.191 e. The van der Waals surface area contributed by atoms with Gasteiger partial charge in [0.25, 0.3) is 0 Å². The monoisotopic (exact) mass is 423 g/mol. The molecular weight excluding hydrogens is 389 g/mol. The van der Waals surface area contributed by atoms with Crippen molar-refractivity contribution in [1.82, 2.24) is 10.6 Å². The highest BCUT2D eigenvalue weighted by molar-refractivity contribution is 14.0. The molecule has 2 aliphatic rings. The van der Waals surface area contributed by atoms with E-state index in [1.54, 1.807) is 0 Å². The van der Waals surface area contributed by atoms with Gasteiger partial charge < -0.3 is 15.4 Å². The number of rotatable bonds is 7. The molecule has 2 N–H and O–H groups in total. The zero-order valence-corrected chi connectivity index (χ0v) is 16.6. The second kappa shape index (κ2) is 11.5. The quantitative estimate of drug-likeness (QED) is 0.373. The predicted molar refractivity (Wildman–Crippen MR) is 104 cm³/mol. The topological polar surface area (TPSA) is 45.6 Å². The maximum absolute atomic E-state index is 5.97. The minimum absolute atomic E-state index is 0. The van der Waals surface area contributed by atoms with Gasteiger partial charge in [-0.25, -0.2) is 0 Å². The Morgan fingerprint density at radius 3 is 2.36 bits per heavy atom. The molecule has 0 bridgehead atoms. The molecule has 0 aromatic rings. The molecule has 22 heavy (non-hydrogen) atoms. The Labute approximate surface area is 153 Å². The number of nitrogens with one attached hydrogen (secondary N) is 2. The summed E-state index contributed by atoms with van der Waals surface area (Å²) < 4.78 is 5.97. The third kappa shape index (κ3) is 6.60. The van der Waals surface area contributed by atoms with Gasteiger partial charge in [0.1, 0.15) is 0 Å². The van der Waals surface area contributed by atoms with Crippen LogP contribution in [0.5, 0.6) is 0 Å². The van der Waals surface area contributed by atoms with Crippen LogP contribution < -0.4 is 10.6 Å². The average Bonchev–Trinajstić information content (AvgIpc) is 3.18. The molecule has 5 heteroatoms. The van der Waals surface area contributed by atoms with E-state index >= 15 is 0 Å². The molecular formula is C17H34IN3O.